The maximum Gasteiger partial charge on any atom is 0.240 e. The second-order valence-corrected chi connectivity index (χ2v) is 7.68. The fourth-order valence-electron chi connectivity index (χ4n) is 3.13. The van der Waals surface area contributed by atoms with Gasteiger partial charge in [-0.2, -0.15) is 0 Å². The third-order valence-corrected chi connectivity index (χ3v) is 5.68. The molecule has 1 aliphatic rings. The van der Waals surface area contributed by atoms with E-state index in [4.69, 9.17) is 0 Å². The molecule has 0 bridgehead atoms. The van der Waals surface area contributed by atoms with E-state index in [1.807, 2.05) is 59.5 Å². The van der Waals surface area contributed by atoms with Crippen molar-refractivity contribution in [1.29, 1.82) is 0 Å². The molecule has 3 rings (SSSR count). The van der Waals surface area contributed by atoms with Crippen molar-refractivity contribution in [1.82, 2.24) is 4.90 Å². The van der Waals surface area contributed by atoms with Crippen LogP contribution in [0.3, 0.4) is 0 Å². The largest absolute Gasteiger partial charge is 0.341 e. The number of hydrogen-bond acceptors (Lipinski definition) is 3. The third kappa shape index (κ3) is 4.88. The van der Waals surface area contributed by atoms with Gasteiger partial charge in [0.1, 0.15) is 5.25 Å². The van der Waals surface area contributed by atoms with Gasteiger partial charge in [0.2, 0.25) is 11.8 Å². The average molecular weight is 369 g/mol. The Balaban J connectivity index is 1.79. The first-order valence-electron chi connectivity index (χ1n) is 9.01. The highest BCUT2D eigenvalue weighted by molar-refractivity contribution is 8.00. The number of carbonyl (C=O) groups excluding carboxylic acids is 2. The topological polar surface area (TPSA) is 49.4 Å². The second-order valence-electron chi connectivity index (χ2n) is 6.50. The number of carbonyl (C=O) groups is 2. The van der Waals surface area contributed by atoms with Gasteiger partial charge in [0.15, 0.2) is 0 Å². The minimum absolute atomic E-state index is 0.0900. The number of thioether (sulfide) groups is 1. The van der Waals surface area contributed by atoms with E-state index in [0.717, 1.165) is 42.1 Å². The van der Waals surface area contributed by atoms with Crippen LogP contribution in [0.25, 0.3) is 0 Å². The summed E-state index contributed by atoms with van der Waals surface area (Å²) in [4.78, 5) is 27.3. The first kappa shape index (κ1) is 18.5. The summed E-state index contributed by atoms with van der Waals surface area (Å²) < 4.78 is 0. The molecule has 1 saturated heterocycles. The molecule has 0 saturated carbocycles. The predicted molar refractivity (Wildman–Crippen MR) is 106 cm³/mol. The molecule has 1 N–H and O–H groups in total. The Morgan fingerprint density at radius 2 is 1.62 bits per heavy atom. The molecule has 0 spiro atoms. The van der Waals surface area contributed by atoms with Crippen LogP contribution in [0.1, 0.15) is 37.0 Å². The number of nitrogens with one attached hydrogen (secondary N) is 1. The van der Waals surface area contributed by atoms with Gasteiger partial charge in [-0.1, -0.05) is 30.3 Å². The lowest BCUT2D eigenvalue weighted by Crippen LogP contribution is -2.38. The standard InChI is InChI=1S/C21H24N2O2S/c1-16(24)22-18-10-12-19(13-11-18)26-20(17-8-4-2-5-9-17)21(25)23-14-6-3-7-15-23/h2,4-5,8-13,20H,3,6-7,14-15H2,1H3,(H,22,24)/t20-/m1/s1. The molecule has 1 heterocycles. The van der Waals surface area contributed by atoms with Crippen molar-refractivity contribution in [2.24, 2.45) is 0 Å². The van der Waals surface area contributed by atoms with Crippen LogP contribution in [0.4, 0.5) is 5.69 Å². The van der Waals surface area contributed by atoms with Gasteiger partial charge in [0.25, 0.3) is 0 Å². The minimum atomic E-state index is -0.249. The van der Waals surface area contributed by atoms with E-state index in [-0.39, 0.29) is 17.1 Å². The van der Waals surface area contributed by atoms with Crippen molar-refractivity contribution in [3.8, 4) is 0 Å². The van der Waals surface area contributed by atoms with Crippen LogP contribution < -0.4 is 5.32 Å². The number of hydrogen-bond donors (Lipinski definition) is 1. The minimum Gasteiger partial charge on any atom is -0.341 e. The monoisotopic (exact) mass is 368 g/mol. The smallest absolute Gasteiger partial charge is 0.240 e. The van der Waals surface area contributed by atoms with E-state index in [1.165, 1.54) is 13.3 Å². The van der Waals surface area contributed by atoms with Crippen molar-refractivity contribution in [3.05, 3.63) is 60.2 Å². The van der Waals surface area contributed by atoms with E-state index >= 15 is 0 Å². The first-order chi connectivity index (χ1) is 12.6. The summed E-state index contributed by atoms with van der Waals surface area (Å²) in [7, 11) is 0. The van der Waals surface area contributed by atoms with E-state index in [0.29, 0.717) is 0 Å². The van der Waals surface area contributed by atoms with Crippen LogP contribution in [0.2, 0.25) is 0 Å². The third-order valence-electron chi connectivity index (χ3n) is 4.42. The lowest BCUT2D eigenvalue weighted by atomic mass is 10.1. The molecule has 1 aliphatic heterocycles. The van der Waals surface area contributed by atoms with Gasteiger partial charge < -0.3 is 10.2 Å². The summed E-state index contributed by atoms with van der Waals surface area (Å²) >= 11 is 1.57. The van der Waals surface area contributed by atoms with Crippen LogP contribution in [-0.4, -0.2) is 29.8 Å². The summed E-state index contributed by atoms with van der Waals surface area (Å²) in [5, 5.41) is 2.52. The zero-order valence-corrected chi connectivity index (χ0v) is 15.8. The molecular formula is C21H24N2O2S. The SMILES string of the molecule is CC(=O)Nc1ccc(S[C@@H](C(=O)N2CCCCC2)c2ccccc2)cc1. The predicted octanol–water partition coefficient (Wildman–Crippen LogP) is 4.49. The lowest BCUT2D eigenvalue weighted by molar-refractivity contribution is -0.131. The van der Waals surface area contributed by atoms with Crippen molar-refractivity contribution in [3.63, 3.8) is 0 Å². The van der Waals surface area contributed by atoms with Gasteiger partial charge in [-0.15, -0.1) is 11.8 Å². The van der Waals surface area contributed by atoms with Crippen LogP contribution in [-0.2, 0) is 9.59 Å². The van der Waals surface area contributed by atoms with Gasteiger partial charge in [-0.05, 0) is 49.1 Å². The van der Waals surface area contributed by atoms with Crippen molar-refractivity contribution in [2.45, 2.75) is 36.3 Å². The molecule has 26 heavy (non-hydrogen) atoms. The molecule has 136 valence electrons. The molecular weight excluding hydrogens is 344 g/mol. The Kier molecular flexibility index (Phi) is 6.34. The van der Waals surface area contributed by atoms with Crippen LogP contribution in [0.15, 0.2) is 59.5 Å². The van der Waals surface area contributed by atoms with Gasteiger partial charge in [0, 0.05) is 30.6 Å². The number of nitrogens with zero attached hydrogens (tertiary/aromatic N) is 1. The van der Waals surface area contributed by atoms with Crippen molar-refractivity contribution in [2.75, 3.05) is 18.4 Å². The second kappa shape index (κ2) is 8.90. The molecule has 0 aromatic heterocycles. The number of piperidine rings is 1. The molecule has 2 aromatic carbocycles. The van der Waals surface area contributed by atoms with E-state index in [9.17, 15) is 9.59 Å². The number of benzene rings is 2. The normalized spacial score (nSPS) is 15.3. The van der Waals surface area contributed by atoms with Crippen molar-refractivity contribution < 1.29 is 9.59 Å². The molecule has 1 atom stereocenters. The number of likely N-dealkylation sites (tertiary alicyclic amines) is 1. The molecule has 0 unspecified atom stereocenters. The molecule has 2 aromatic rings. The number of rotatable bonds is 5. The quantitative estimate of drug-likeness (QED) is 0.791. The highest BCUT2D eigenvalue weighted by Gasteiger charge is 2.27. The fraction of sp³-hybridized carbons (Fsp3) is 0.333. The van der Waals surface area contributed by atoms with Crippen LogP contribution in [0.5, 0.6) is 0 Å². The van der Waals surface area contributed by atoms with Gasteiger partial charge in [-0.25, -0.2) is 0 Å². The summed E-state index contributed by atoms with van der Waals surface area (Å²) in [6, 6.07) is 17.6. The summed E-state index contributed by atoms with van der Waals surface area (Å²) in [5.74, 6) is 0.0969. The maximum atomic E-state index is 13.2. The lowest BCUT2D eigenvalue weighted by Gasteiger charge is -2.30. The Morgan fingerprint density at radius 1 is 0.962 bits per heavy atom. The number of anilines is 1. The maximum absolute atomic E-state index is 13.2. The molecule has 0 radical (unpaired) electrons. The summed E-state index contributed by atoms with van der Waals surface area (Å²) in [6.45, 7) is 3.19. The van der Waals surface area contributed by atoms with E-state index in [2.05, 4.69) is 5.32 Å². The van der Waals surface area contributed by atoms with E-state index in [1.54, 1.807) is 11.8 Å². The zero-order valence-electron chi connectivity index (χ0n) is 15.0. The molecule has 1 fully saturated rings. The zero-order chi connectivity index (χ0) is 18.4. The Morgan fingerprint density at radius 3 is 2.23 bits per heavy atom. The summed E-state index contributed by atoms with van der Waals surface area (Å²) in [5.41, 5.74) is 1.79. The Labute approximate surface area is 159 Å². The molecule has 2 amide bonds. The molecule has 5 heteroatoms. The summed E-state index contributed by atoms with van der Waals surface area (Å²) in [6.07, 6.45) is 3.38. The highest BCUT2D eigenvalue weighted by Crippen LogP contribution is 2.37. The van der Waals surface area contributed by atoms with Gasteiger partial charge in [0.05, 0.1) is 0 Å². The number of amides is 2. The van der Waals surface area contributed by atoms with Gasteiger partial charge in [-0.3, -0.25) is 9.59 Å². The average Bonchev–Trinajstić information content (AvgIpc) is 2.68. The van der Waals surface area contributed by atoms with Crippen molar-refractivity contribution >= 4 is 29.3 Å². The Bertz CT molecular complexity index is 740. The van der Waals surface area contributed by atoms with Crippen LogP contribution >= 0.6 is 11.8 Å². The van der Waals surface area contributed by atoms with E-state index < -0.39 is 0 Å². The first-order valence-corrected chi connectivity index (χ1v) is 9.89. The Hall–Kier alpha value is -2.27. The molecule has 4 nitrogen and oxygen atoms in total. The highest BCUT2D eigenvalue weighted by atomic mass is 32.2. The van der Waals surface area contributed by atoms with Crippen LogP contribution in [0, 0.1) is 0 Å². The molecule has 0 aliphatic carbocycles. The fourth-order valence-corrected chi connectivity index (χ4v) is 4.23. The van der Waals surface area contributed by atoms with Gasteiger partial charge >= 0.3 is 0 Å².